The highest BCUT2D eigenvalue weighted by Gasteiger charge is 2.57. The van der Waals surface area contributed by atoms with E-state index in [1.807, 2.05) is 45.6 Å². The lowest BCUT2D eigenvalue weighted by molar-refractivity contribution is -0.140. The van der Waals surface area contributed by atoms with E-state index in [9.17, 15) is 51.1 Å². The molecule has 6 aromatic carbocycles. The van der Waals surface area contributed by atoms with Crippen LogP contribution in [0.25, 0.3) is 0 Å². The van der Waals surface area contributed by atoms with E-state index in [0.717, 1.165) is 62.3 Å². The summed E-state index contributed by atoms with van der Waals surface area (Å²) in [5, 5.41) is 3.16. The number of piperidine rings is 3. The summed E-state index contributed by atoms with van der Waals surface area (Å²) in [6.45, 7) is 48.8. The minimum atomic E-state index is -0.626. The molecule has 3 aliphatic carbocycles. The van der Waals surface area contributed by atoms with Gasteiger partial charge in [0.1, 0.15) is 34.9 Å². The second-order valence-electron chi connectivity index (χ2n) is 41.4. The van der Waals surface area contributed by atoms with Gasteiger partial charge in [-0.15, -0.1) is 0 Å². The Morgan fingerprint density at radius 2 is 0.742 bits per heavy atom. The zero-order chi connectivity index (χ0) is 90.4. The number of halogens is 6. The Morgan fingerprint density at radius 3 is 1.08 bits per heavy atom. The molecular weight excluding hydrogens is 1580 g/mol. The van der Waals surface area contributed by atoms with Gasteiger partial charge < -0.3 is 29.8 Å². The number of benzene rings is 6. The van der Waals surface area contributed by atoms with Crippen LogP contribution in [-0.4, -0.2) is 200 Å². The molecule has 6 aromatic rings. The molecule has 0 aromatic heterocycles. The lowest BCUT2D eigenvalue weighted by atomic mass is 9.69. The van der Waals surface area contributed by atoms with Crippen molar-refractivity contribution < 1.29 is 59.9 Å². The molecule has 0 bridgehead atoms. The van der Waals surface area contributed by atoms with Crippen LogP contribution < -0.4 is 5.32 Å². The van der Waals surface area contributed by atoms with Gasteiger partial charge in [-0.25, -0.2) is 26.3 Å². The van der Waals surface area contributed by atoms with Crippen molar-refractivity contribution >= 4 is 41.2 Å². The summed E-state index contributed by atoms with van der Waals surface area (Å²) in [7, 11) is 0. The molecule has 6 amide bonds. The first-order valence-electron chi connectivity index (χ1n) is 45.2. The van der Waals surface area contributed by atoms with Gasteiger partial charge in [0, 0.05) is 198 Å². The highest BCUT2D eigenvalue weighted by Crippen LogP contribution is 2.55. The molecule has 3 spiro atoms. The SMILES string of the molecule is CC(=O)N(C(C)C)[C@@H]1Cc2cc(C)c(C)cc2C12CCN(C(=O)[C@@H]1CN(C(C)(C)C)C[C@H]1c1ccc(F)cc1F)CC2.CC(=O)NC1CC2(CCN(C(=O)[C@@H]3CN(C(C)(C)C)CC3c3ccc(F)cc3F)CC2)c2cc(C)c(C)cc21.CC(=O)c1ccc2c(c1)C[C@@H](N(C(C)=O)C(C)C)C21CCN(C(=O)[C@@H]2CN(C(C)(C)C)C[C@H]2c2ccc(F)cc2F)CC1. The first kappa shape index (κ1) is 92.9. The molecule has 6 aliphatic heterocycles. The highest BCUT2D eigenvalue weighted by atomic mass is 19.2. The number of hydrogen-bond donors (Lipinski definition) is 1. The van der Waals surface area contributed by atoms with E-state index in [2.05, 4.69) is 159 Å². The number of fused-ring (bicyclic) bond motifs is 6. The summed E-state index contributed by atoms with van der Waals surface area (Å²) in [6, 6.07) is 26.2. The first-order chi connectivity index (χ1) is 58.1. The Labute approximate surface area is 732 Å². The van der Waals surface area contributed by atoms with Crippen LogP contribution in [0.4, 0.5) is 26.3 Å². The number of rotatable bonds is 12. The van der Waals surface area contributed by atoms with Gasteiger partial charge in [0.25, 0.3) is 0 Å². The maximum atomic E-state index is 15.0. The monoisotopic (exact) mass is 1710 g/mol. The molecule has 0 saturated carbocycles. The van der Waals surface area contributed by atoms with E-state index in [4.69, 9.17) is 0 Å². The summed E-state index contributed by atoms with van der Waals surface area (Å²) in [5.41, 5.74) is 13.1. The van der Waals surface area contributed by atoms with Crippen molar-refractivity contribution in [2.24, 2.45) is 17.8 Å². The Morgan fingerprint density at radius 1 is 0.403 bits per heavy atom. The average molecular weight is 1710 g/mol. The Kier molecular flexibility index (Phi) is 26.6. The fourth-order valence-corrected chi connectivity index (χ4v) is 23.3. The van der Waals surface area contributed by atoms with Gasteiger partial charge in [-0.1, -0.05) is 54.6 Å². The van der Waals surface area contributed by atoms with Gasteiger partial charge in [0.2, 0.25) is 35.4 Å². The number of likely N-dealkylation sites (tertiary alicyclic amines) is 6. The minimum Gasteiger partial charge on any atom is -0.349 e. The van der Waals surface area contributed by atoms with Crippen molar-refractivity contribution in [1.82, 2.24) is 44.5 Å². The molecule has 1 N–H and O–H groups in total. The number of hydrogen-bond acceptors (Lipinski definition) is 10. The number of nitrogens with one attached hydrogen (secondary N) is 1. The van der Waals surface area contributed by atoms with E-state index in [-0.39, 0.29) is 128 Å². The highest BCUT2D eigenvalue weighted by molar-refractivity contribution is 5.94. The topological polar surface area (TPSA) is 157 Å². The number of carbonyl (C=O) groups excluding carboxylic acids is 7. The Bertz CT molecular complexity index is 5080. The maximum Gasteiger partial charge on any atom is 0.227 e. The molecule has 22 heteroatoms. The quantitative estimate of drug-likeness (QED) is 0.0924. The van der Waals surface area contributed by atoms with Crippen LogP contribution in [0.3, 0.4) is 0 Å². The molecule has 6 saturated heterocycles. The van der Waals surface area contributed by atoms with E-state index in [1.165, 1.54) is 86.5 Å². The van der Waals surface area contributed by atoms with Gasteiger partial charge in [-0.3, -0.25) is 48.3 Å². The Hall–Kier alpha value is -8.73. The zero-order valence-electron chi connectivity index (χ0n) is 77.1. The molecule has 2 unspecified atom stereocenters. The third kappa shape index (κ3) is 18.2. The molecule has 6 heterocycles. The smallest absolute Gasteiger partial charge is 0.227 e. The van der Waals surface area contributed by atoms with Gasteiger partial charge in [-0.2, -0.15) is 0 Å². The normalized spacial score (nSPS) is 24.1. The summed E-state index contributed by atoms with van der Waals surface area (Å²) in [6.07, 6.45) is 6.95. The van der Waals surface area contributed by atoms with E-state index < -0.39 is 46.7 Å². The van der Waals surface area contributed by atoms with Crippen LogP contribution in [0, 0.1) is 80.4 Å². The number of aryl methyl sites for hydroxylation is 4. The summed E-state index contributed by atoms with van der Waals surface area (Å²) in [5.74, 6) is -5.67. The third-order valence-corrected chi connectivity index (χ3v) is 30.3. The van der Waals surface area contributed by atoms with E-state index >= 15 is 8.78 Å². The standard InChI is InChI=1S/C35H45F2N3O3.C35H47F2N3O2.C32H41F2N3O2/c1-21(2)40(23(4)42)32-17-25-16-24(22(3)41)8-11-30(25)35(32)12-14-38(15-13-35)33(43)29-20-39(34(5,6)7)19-28(29)27-10-9-26(36)18-31(27)37;1-21(2)40(24(5)41)32-17-25-15-22(3)23(4)16-30(25)35(32)11-13-38(14-12-35)33(42)29-20-39(34(6,7)8)19-28(29)27-10-9-26(36)18-31(27)37;1-19-13-24-27(14-20(19)2)32(16-29(24)35-21(3)38)9-11-36(12-10-32)30(39)26-18-37(31(4,5)6)17-25(26)23-8-7-22(33)15-28(23)34/h8-11,16,18,21,28-29,32H,12-15,17,19-20H2,1-7H3;9-10,15-16,18,21,28-29,32H,11-14,17,19-20H2,1-8H3;7-8,13-15,25-26,29H,9-12,16-18H2,1-6H3,(H,35,38)/t2*28-,29+,32+;25?,26-,29?/m001/s1. The van der Waals surface area contributed by atoms with Crippen molar-refractivity contribution in [3.05, 3.63) is 210 Å². The summed E-state index contributed by atoms with van der Waals surface area (Å²) < 4.78 is 86.3. The van der Waals surface area contributed by atoms with Crippen molar-refractivity contribution in [2.75, 3.05) is 78.5 Å². The van der Waals surface area contributed by atoms with Crippen LogP contribution in [-0.2, 0) is 57.9 Å². The molecule has 670 valence electrons. The predicted molar refractivity (Wildman–Crippen MR) is 474 cm³/mol. The van der Waals surface area contributed by atoms with E-state index in [1.54, 1.807) is 27.7 Å². The van der Waals surface area contributed by atoms with Crippen LogP contribution in [0.15, 0.2) is 97.1 Å². The van der Waals surface area contributed by atoms with Gasteiger partial charge in [-0.05, 0) is 279 Å². The number of amides is 6. The zero-order valence-corrected chi connectivity index (χ0v) is 77.1. The second-order valence-corrected chi connectivity index (χ2v) is 41.4. The van der Waals surface area contributed by atoms with Crippen LogP contribution >= 0.6 is 0 Å². The molecule has 6 fully saturated rings. The van der Waals surface area contributed by atoms with Gasteiger partial charge >= 0.3 is 0 Å². The second kappa shape index (κ2) is 35.5. The predicted octanol–water partition coefficient (Wildman–Crippen LogP) is 17.4. The minimum absolute atomic E-state index is 0.00399. The maximum absolute atomic E-state index is 15.0. The fourth-order valence-electron chi connectivity index (χ4n) is 23.3. The van der Waals surface area contributed by atoms with Crippen molar-refractivity contribution in [2.45, 2.75) is 284 Å². The van der Waals surface area contributed by atoms with Crippen molar-refractivity contribution in [1.29, 1.82) is 0 Å². The molecule has 9 aliphatic rings. The van der Waals surface area contributed by atoms with Crippen molar-refractivity contribution in [3.63, 3.8) is 0 Å². The number of ketones is 1. The third-order valence-electron chi connectivity index (χ3n) is 30.3. The molecule has 124 heavy (non-hydrogen) atoms. The van der Waals surface area contributed by atoms with Crippen LogP contribution in [0.2, 0.25) is 0 Å². The summed E-state index contributed by atoms with van der Waals surface area (Å²) in [4.78, 5) is 109. The molecule has 0 radical (unpaired) electrons. The Balaban J connectivity index is 0.000000160. The lowest BCUT2D eigenvalue weighted by Gasteiger charge is -2.49. The van der Waals surface area contributed by atoms with E-state index in [0.29, 0.717) is 120 Å². The first-order valence-corrected chi connectivity index (χ1v) is 45.2. The molecular formula is C102H133F6N9O7. The number of carbonyl (C=O) groups is 7. The average Bonchev–Trinajstić information content (AvgIpc) is 1.57. The molecule has 15 rings (SSSR count). The van der Waals surface area contributed by atoms with Gasteiger partial charge in [0.15, 0.2) is 5.78 Å². The largest absolute Gasteiger partial charge is 0.349 e. The van der Waals surface area contributed by atoms with Gasteiger partial charge in [0.05, 0.1) is 23.8 Å². The molecule has 9 atom stereocenters. The number of Topliss-reactive ketones (excluding diaryl/α,β-unsaturated/α-hetero) is 1. The van der Waals surface area contributed by atoms with Crippen molar-refractivity contribution in [3.8, 4) is 0 Å². The fraction of sp³-hybridized carbons (Fsp3) is 0.578. The lowest BCUT2D eigenvalue weighted by Crippen LogP contribution is -2.58. The molecule has 16 nitrogen and oxygen atoms in total. The van der Waals surface area contributed by atoms with Crippen LogP contribution in [0.5, 0.6) is 0 Å². The summed E-state index contributed by atoms with van der Waals surface area (Å²) >= 11 is 0. The number of nitrogens with zero attached hydrogens (tertiary/aromatic N) is 8. The van der Waals surface area contributed by atoms with Crippen LogP contribution in [0.1, 0.15) is 269 Å².